The molecule has 1 aromatic heterocycles. The largest absolute Gasteiger partial charge is 0.416 e. The highest BCUT2D eigenvalue weighted by atomic mass is 19.4. The van der Waals surface area contributed by atoms with E-state index in [0.717, 1.165) is 49.3 Å². The molecule has 0 radical (unpaired) electrons. The maximum absolute atomic E-state index is 13.2. The number of halogens is 3. The Labute approximate surface area is 209 Å². The lowest BCUT2D eigenvalue weighted by Crippen LogP contribution is -2.47. The van der Waals surface area contributed by atoms with Crippen LogP contribution in [0.1, 0.15) is 30.4 Å². The molecular formula is C27H31F3N6. The molecule has 0 atom stereocenters. The molecule has 0 bridgehead atoms. The quantitative estimate of drug-likeness (QED) is 0.477. The van der Waals surface area contributed by atoms with E-state index in [-0.39, 0.29) is 0 Å². The zero-order chi connectivity index (χ0) is 25.1. The summed E-state index contributed by atoms with van der Waals surface area (Å²) in [6, 6.07) is 15.7. The van der Waals surface area contributed by atoms with Gasteiger partial charge in [-0.05, 0) is 56.5 Å². The van der Waals surface area contributed by atoms with E-state index < -0.39 is 11.7 Å². The molecule has 0 aliphatic carbocycles. The molecule has 1 N–H and O–H groups in total. The molecule has 0 saturated carbocycles. The van der Waals surface area contributed by atoms with Crippen LogP contribution in [-0.2, 0) is 6.18 Å². The zero-order valence-electron chi connectivity index (χ0n) is 20.4. The summed E-state index contributed by atoms with van der Waals surface area (Å²) in [7, 11) is 0. The average molecular weight is 497 g/mol. The summed E-state index contributed by atoms with van der Waals surface area (Å²) in [4.78, 5) is 16.2. The molecule has 0 amide bonds. The molecule has 9 heteroatoms. The fourth-order valence-electron chi connectivity index (χ4n) is 4.74. The standard InChI is InChI=1S/C27H31F3N6/c1-20-8-10-22(11-9-20)31-24-19-25(35-12-3-2-4-13-35)33-26(32-24)36-16-14-34(15-17-36)23-7-5-6-21(18-23)27(28,29)30/h5-11,18-19H,2-4,12-17H2,1H3,(H,31,32,33). The predicted molar refractivity (Wildman–Crippen MR) is 138 cm³/mol. The van der Waals surface area contributed by atoms with Gasteiger partial charge in [-0.2, -0.15) is 23.1 Å². The number of alkyl halides is 3. The van der Waals surface area contributed by atoms with Crippen molar-refractivity contribution in [1.29, 1.82) is 0 Å². The molecule has 36 heavy (non-hydrogen) atoms. The number of nitrogens with one attached hydrogen (secondary N) is 1. The summed E-state index contributed by atoms with van der Waals surface area (Å²) in [6.07, 6.45) is -0.812. The van der Waals surface area contributed by atoms with E-state index in [9.17, 15) is 13.2 Å². The first-order chi connectivity index (χ1) is 17.3. The molecule has 2 aromatic carbocycles. The van der Waals surface area contributed by atoms with E-state index in [1.807, 2.05) is 23.1 Å². The number of anilines is 5. The van der Waals surface area contributed by atoms with Gasteiger partial charge in [0, 0.05) is 56.7 Å². The third-order valence-corrected chi connectivity index (χ3v) is 6.81. The van der Waals surface area contributed by atoms with Gasteiger partial charge in [0.2, 0.25) is 5.95 Å². The van der Waals surface area contributed by atoms with E-state index in [1.165, 1.54) is 24.1 Å². The minimum Gasteiger partial charge on any atom is -0.368 e. The fraction of sp³-hybridized carbons (Fsp3) is 0.407. The summed E-state index contributed by atoms with van der Waals surface area (Å²) in [5.41, 5.74) is 2.13. The van der Waals surface area contributed by atoms with E-state index in [2.05, 4.69) is 34.2 Å². The van der Waals surface area contributed by atoms with E-state index in [4.69, 9.17) is 9.97 Å². The van der Waals surface area contributed by atoms with Gasteiger partial charge < -0.3 is 20.0 Å². The second kappa shape index (κ2) is 10.2. The van der Waals surface area contributed by atoms with Crippen LogP contribution in [0.5, 0.6) is 0 Å². The van der Waals surface area contributed by atoms with Crippen molar-refractivity contribution in [2.45, 2.75) is 32.4 Å². The van der Waals surface area contributed by atoms with E-state index in [0.29, 0.717) is 37.8 Å². The van der Waals surface area contributed by atoms with Gasteiger partial charge in [0.1, 0.15) is 11.6 Å². The van der Waals surface area contributed by atoms with Crippen molar-refractivity contribution in [2.24, 2.45) is 0 Å². The number of rotatable bonds is 5. The normalized spacial score (nSPS) is 16.8. The number of aryl methyl sites for hydroxylation is 1. The molecule has 2 fully saturated rings. The van der Waals surface area contributed by atoms with E-state index in [1.54, 1.807) is 6.07 Å². The van der Waals surface area contributed by atoms with Crippen LogP contribution in [0.15, 0.2) is 54.6 Å². The van der Waals surface area contributed by atoms with Crippen LogP contribution < -0.4 is 20.0 Å². The highest BCUT2D eigenvalue weighted by molar-refractivity contribution is 5.62. The van der Waals surface area contributed by atoms with Gasteiger partial charge in [0.15, 0.2) is 0 Å². The number of hydrogen-bond donors (Lipinski definition) is 1. The average Bonchev–Trinajstić information content (AvgIpc) is 2.90. The third kappa shape index (κ3) is 5.66. The smallest absolute Gasteiger partial charge is 0.368 e. The Morgan fingerprint density at radius 2 is 1.44 bits per heavy atom. The topological polar surface area (TPSA) is 47.5 Å². The summed E-state index contributed by atoms with van der Waals surface area (Å²) in [5.74, 6) is 2.30. The first-order valence-electron chi connectivity index (χ1n) is 12.5. The molecule has 2 aliphatic rings. The summed E-state index contributed by atoms with van der Waals surface area (Å²) >= 11 is 0. The third-order valence-electron chi connectivity index (χ3n) is 6.81. The minimum absolute atomic E-state index is 0.592. The van der Waals surface area contributed by atoms with Crippen LogP contribution in [0, 0.1) is 6.92 Å². The molecule has 190 valence electrons. The van der Waals surface area contributed by atoms with Crippen molar-refractivity contribution in [3.63, 3.8) is 0 Å². The number of benzene rings is 2. The Kier molecular flexibility index (Phi) is 6.89. The van der Waals surface area contributed by atoms with Crippen LogP contribution in [0.2, 0.25) is 0 Å². The van der Waals surface area contributed by atoms with Crippen LogP contribution in [-0.4, -0.2) is 49.2 Å². The predicted octanol–water partition coefficient (Wildman–Crippen LogP) is 5.86. The lowest BCUT2D eigenvalue weighted by atomic mass is 10.1. The number of nitrogens with zero attached hydrogens (tertiary/aromatic N) is 5. The molecule has 0 spiro atoms. The van der Waals surface area contributed by atoms with Gasteiger partial charge in [0.25, 0.3) is 0 Å². The fourth-order valence-corrected chi connectivity index (χ4v) is 4.74. The molecular weight excluding hydrogens is 465 g/mol. The Hall–Kier alpha value is -3.49. The van der Waals surface area contributed by atoms with Crippen molar-refractivity contribution < 1.29 is 13.2 Å². The molecule has 5 rings (SSSR count). The van der Waals surface area contributed by atoms with Crippen molar-refractivity contribution in [2.75, 3.05) is 59.3 Å². The molecule has 3 heterocycles. The second-order valence-corrected chi connectivity index (χ2v) is 9.47. The first kappa shape index (κ1) is 24.2. The monoisotopic (exact) mass is 496 g/mol. The highest BCUT2D eigenvalue weighted by Gasteiger charge is 2.31. The molecule has 6 nitrogen and oxygen atoms in total. The van der Waals surface area contributed by atoms with Gasteiger partial charge in [-0.3, -0.25) is 0 Å². The van der Waals surface area contributed by atoms with Crippen LogP contribution in [0.4, 0.5) is 42.1 Å². The van der Waals surface area contributed by atoms with Gasteiger partial charge in [-0.25, -0.2) is 0 Å². The SMILES string of the molecule is Cc1ccc(Nc2cc(N3CCCCC3)nc(N3CCN(c4cccc(C(F)(F)F)c4)CC3)n2)cc1. The Bertz CT molecular complexity index is 1170. The second-order valence-electron chi connectivity index (χ2n) is 9.47. The highest BCUT2D eigenvalue weighted by Crippen LogP contribution is 2.32. The van der Waals surface area contributed by atoms with Crippen molar-refractivity contribution in [3.8, 4) is 0 Å². The van der Waals surface area contributed by atoms with Crippen molar-refractivity contribution >= 4 is 29.0 Å². The molecule has 2 saturated heterocycles. The maximum Gasteiger partial charge on any atom is 0.416 e. The molecule has 2 aliphatic heterocycles. The van der Waals surface area contributed by atoms with Gasteiger partial charge in [-0.1, -0.05) is 23.8 Å². The van der Waals surface area contributed by atoms with Crippen LogP contribution in [0.25, 0.3) is 0 Å². The van der Waals surface area contributed by atoms with Gasteiger partial charge in [-0.15, -0.1) is 0 Å². The van der Waals surface area contributed by atoms with Crippen molar-refractivity contribution in [3.05, 3.63) is 65.7 Å². The molecule has 3 aromatic rings. The Balaban J connectivity index is 1.35. The Morgan fingerprint density at radius 3 is 2.14 bits per heavy atom. The first-order valence-corrected chi connectivity index (χ1v) is 12.5. The van der Waals surface area contributed by atoms with Gasteiger partial charge in [0.05, 0.1) is 5.56 Å². The van der Waals surface area contributed by atoms with Gasteiger partial charge >= 0.3 is 6.18 Å². The number of piperazine rings is 1. The lowest BCUT2D eigenvalue weighted by molar-refractivity contribution is -0.137. The van der Waals surface area contributed by atoms with Crippen LogP contribution in [0.3, 0.4) is 0 Å². The number of piperidine rings is 1. The maximum atomic E-state index is 13.2. The zero-order valence-corrected chi connectivity index (χ0v) is 20.4. The van der Waals surface area contributed by atoms with Crippen LogP contribution >= 0.6 is 0 Å². The lowest BCUT2D eigenvalue weighted by Gasteiger charge is -2.37. The summed E-state index contributed by atoms with van der Waals surface area (Å²) in [5, 5.41) is 3.42. The van der Waals surface area contributed by atoms with E-state index >= 15 is 0 Å². The number of aromatic nitrogens is 2. The summed E-state index contributed by atoms with van der Waals surface area (Å²) < 4.78 is 39.5. The van der Waals surface area contributed by atoms with Crippen molar-refractivity contribution in [1.82, 2.24) is 9.97 Å². The minimum atomic E-state index is -4.35. The summed E-state index contributed by atoms with van der Waals surface area (Å²) in [6.45, 7) is 6.46. The number of hydrogen-bond acceptors (Lipinski definition) is 6. The molecule has 0 unspecified atom stereocenters. The Morgan fingerprint density at radius 1 is 0.750 bits per heavy atom.